The van der Waals surface area contributed by atoms with E-state index in [1.807, 2.05) is 19.1 Å². The third-order valence-corrected chi connectivity index (χ3v) is 3.73. The molecule has 94 valence electrons. The average molecular weight is 235 g/mol. The molecule has 0 amide bonds. The van der Waals surface area contributed by atoms with Gasteiger partial charge in [-0.25, -0.2) is 0 Å². The van der Waals surface area contributed by atoms with Gasteiger partial charge in [-0.1, -0.05) is 6.92 Å². The fourth-order valence-electron chi connectivity index (χ4n) is 2.37. The van der Waals surface area contributed by atoms with Gasteiger partial charge in [-0.05, 0) is 50.7 Å². The summed E-state index contributed by atoms with van der Waals surface area (Å²) in [6.07, 6.45) is 4.32. The zero-order valence-electron chi connectivity index (χ0n) is 10.6. The van der Waals surface area contributed by atoms with E-state index in [-0.39, 0.29) is 12.1 Å². The van der Waals surface area contributed by atoms with Gasteiger partial charge in [0, 0.05) is 0 Å². The molecule has 1 aliphatic carbocycles. The number of aliphatic hydroxyl groups excluding tert-OH is 1. The Hall–Kier alpha value is -1.16. The molecular formula is C13H21N3O. The predicted molar refractivity (Wildman–Crippen MR) is 67.8 cm³/mol. The van der Waals surface area contributed by atoms with E-state index in [1.54, 1.807) is 0 Å². The standard InChI is InChI=1S/C13H21N3O/c1-10-5-7-13(9-17,8-6-10)14-12-4-3-11(2)15-16-12/h3-4,10,17H,5-9H2,1-2H3,(H,14,16). The first-order valence-corrected chi connectivity index (χ1v) is 6.33. The fraction of sp³-hybridized carbons (Fsp3) is 0.692. The second kappa shape index (κ2) is 5.00. The molecule has 17 heavy (non-hydrogen) atoms. The minimum atomic E-state index is -0.198. The van der Waals surface area contributed by atoms with Crippen LogP contribution in [0, 0.1) is 12.8 Å². The van der Waals surface area contributed by atoms with E-state index >= 15 is 0 Å². The van der Waals surface area contributed by atoms with E-state index in [2.05, 4.69) is 22.4 Å². The summed E-state index contributed by atoms with van der Waals surface area (Å²) in [7, 11) is 0. The molecule has 0 atom stereocenters. The second-order valence-corrected chi connectivity index (χ2v) is 5.31. The van der Waals surface area contributed by atoms with Crippen LogP contribution in [0.2, 0.25) is 0 Å². The van der Waals surface area contributed by atoms with Crippen molar-refractivity contribution in [2.75, 3.05) is 11.9 Å². The second-order valence-electron chi connectivity index (χ2n) is 5.31. The number of rotatable bonds is 3. The van der Waals surface area contributed by atoms with E-state index in [9.17, 15) is 5.11 Å². The van der Waals surface area contributed by atoms with Crippen molar-refractivity contribution < 1.29 is 5.11 Å². The molecule has 1 fully saturated rings. The van der Waals surface area contributed by atoms with Crippen LogP contribution in [0.5, 0.6) is 0 Å². The average Bonchev–Trinajstić information content (AvgIpc) is 2.35. The van der Waals surface area contributed by atoms with Crippen molar-refractivity contribution >= 4 is 5.82 Å². The SMILES string of the molecule is Cc1ccc(NC2(CO)CCC(C)CC2)nn1. The van der Waals surface area contributed by atoms with Crippen LogP contribution in [0.4, 0.5) is 5.82 Å². The summed E-state index contributed by atoms with van der Waals surface area (Å²) in [4.78, 5) is 0. The monoisotopic (exact) mass is 235 g/mol. The molecule has 0 saturated heterocycles. The highest BCUT2D eigenvalue weighted by Gasteiger charge is 2.33. The molecule has 0 radical (unpaired) electrons. The van der Waals surface area contributed by atoms with Crippen molar-refractivity contribution in [2.45, 2.75) is 45.1 Å². The van der Waals surface area contributed by atoms with Crippen molar-refractivity contribution in [1.82, 2.24) is 10.2 Å². The molecule has 0 aromatic carbocycles. The van der Waals surface area contributed by atoms with Crippen molar-refractivity contribution in [3.05, 3.63) is 17.8 Å². The van der Waals surface area contributed by atoms with Gasteiger partial charge in [-0.2, -0.15) is 5.10 Å². The summed E-state index contributed by atoms with van der Waals surface area (Å²) in [5.74, 6) is 1.53. The molecule has 2 N–H and O–H groups in total. The number of aliphatic hydroxyl groups is 1. The van der Waals surface area contributed by atoms with E-state index in [4.69, 9.17) is 0 Å². The van der Waals surface area contributed by atoms with Crippen LogP contribution in [-0.4, -0.2) is 27.4 Å². The van der Waals surface area contributed by atoms with Gasteiger partial charge < -0.3 is 10.4 Å². The van der Waals surface area contributed by atoms with Crippen LogP contribution < -0.4 is 5.32 Å². The van der Waals surface area contributed by atoms with Crippen molar-refractivity contribution in [2.24, 2.45) is 5.92 Å². The van der Waals surface area contributed by atoms with Crippen LogP contribution in [0.3, 0.4) is 0 Å². The first kappa shape index (κ1) is 12.3. The molecule has 1 aromatic rings. The summed E-state index contributed by atoms with van der Waals surface area (Å²) in [6, 6.07) is 3.86. The molecule has 1 aliphatic rings. The van der Waals surface area contributed by atoms with Gasteiger partial charge in [-0.3, -0.25) is 0 Å². The van der Waals surface area contributed by atoms with E-state index < -0.39 is 0 Å². The minimum Gasteiger partial charge on any atom is -0.394 e. The maximum Gasteiger partial charge on any atom is 0.149 e. The van der Waals surface area contributed by atoms with Crippen LogP contribution >= 0.6 is 0 Å². The molecule has 0 spiro atoms. The summed E-state index contributed by atoms with van der Waals surface area (Å²) >= 11 is 0. The Balaban J connectivity index is 2.06. The Kier molecular flexibility index (Phi) is 3.62. The number of nitrogens with zero attached hydrogens (tertiary/aromatic N) is 2. The van der Waals surface area contributed by atoms with Gasteiger partial charge in [0.05, 0.1) is 17.8 Å². The molecular weight excluding hydrogens is 214 g/mol. The lowest BCUT2D eigenvalue weighted by molar-refractivity contribution is 0.155. The van der Waals surface area contributed by atoms with Gasteiger partial charge in [0.1, 0.15) is 5.82 Å². The molecule has 1 heterocycles. The largest absolute Gasteiger partial charge is 0.394 e. The first-order valence-electron chi connectivity index (χ1n) is 6.33. The number of hydrogen-bond acceptors (Lipinski definition) is 4. The number of nitrogens with one attached hydrogen (secondary N) is 1. The summed E-state index contributed by atoms with van der Waals surface area (Å²) in [5, 5.41) is 21.1. The quantitative estimate of drug-likeness (QED) is 0.842. The number of anilines is 1. The number of aryl methyl sites for hydroxylation is 1. The minimum absolute atomic E-state index is 0.162. The summed E-state index contributed by atoms with van der Waals surface area (Å²) in [5.41, 5.74) is 0.710. The summed E-state index contributed by atoms with van der Waals surface area (Å²) < 4.78 is 0. The third-order valence-electron chi connectivity index (χ3n) is 3.73. The van der Waals surface area contributed by atoms with Crippen LogP contribution in [-0.2, 0) is 0 Å². The Morgan fingerprint density at radius 1 is 1.35 bits per heavy atom. The lowest BCUT2D eigenvalue weighted by atomic mass is 9.77. The molecule has 4 nitrogen and oxygen atoms in total. The van der Waals surface area contributed by atoms with Gasteiger partial charge in [0.25, 0.3) is 0 Å². The Morgan fingerprint density at radius 3 is 2.59 bits per heavy atom. The molecule has 4 heteroatoms. The highest BCUT2D eigenvalue weighted by molar-refractivity contribution is 5.37. The van der Waals surface area contributed by atoms with Crippen molar-refractivity contribution in [3.63, 3.8) is 0 Å². The lowest BCUT2D eigenvalue weighted by Gasteiger charge is -2.39. The fourth-order valence-corrected chi connectivity index (χ4v) is 2.37. The molecule has 1 aromatic heterocycles. The Labute approximate surface area is 102 Å². The van der Waals surface area contributed by atoms with Gasteiger partial charge in [-0.15, -0.1) is 5.10 Å². The Bertz CT molecular complexity index is 355. The molecule has 2 rings (SSSR count). The van der Waals surface area contributed by atoms with Crippen molar-refractivity contribution in [1.29, 1.82) is 0 Å². The molecule has 1 saturated carbocycles. The van der Waals surface area contributed by atoms with Gasteiger partial charge >= 0.3 is 0 Å². The smallest absolute Gasteiger partial charge is 0.149 e. The Morgan fingerprint density at radius 2 is 2.06 bits per heavy atom. The zero-order chi connectivity index (χ0) is 12.3. The van der Waals surface area contributed by atoms with Crippen LogP contribution in [0.1, 0.15) is 38.3 Å². The van der Waals surface area contributed by atoms with Crippen LogP contribution in [0.15, 0.2) is 12.1 Å². The lowest BCUT2D eigenvalue weighted by Crippen LogP contribution is -2.45. The first-order chi connectivity index (χ1) is 8.13. The highest BCUT2D eigenvalue weighted by Crippen LogP contribution is 2.33. The van der Waals surface area contributed by atoms with Crippen molar-refractivity contribution in [3.8, 4) is 0 Å². The zero-order valence-corrected chi connectivity index (χ0v) is 10.6. The normalized spacial score (nSPS) is 29.0. The molecule has 0 unspecified atom stereocenters. The topological polar surface area (TPSA) is 58.0 Å². The predicted octanol–water partition coefficient (Wildman–Crippen LogP) is 2.14. The molecule has 0 aliphatic heterocycles. The third kappa shape index (κ3) is 2.94. The maximum absolute atomic E-state index is 9.63. The highest BCUT2D eigenvalue weighted by atomic mass is 16.3. The van der Waals surface area contributed by atoms with E-state index in [0.29, 0.717) is 0 Å². The van der Waals surface area contributed by atoms with E-state index in [0.717, 1.165) is 43.1 Å². The maximum atomic E-state index is 9.63. The van der Waals surface area contributed by atoms with E-state index in [1.165, 1.54) is 0 Å². The van der Waals surface area contributed by atoms with Crippen LogP contribution in [0.25, 0.3) is 0 Å². The number of aromatic nitrogens is 2. The van der Waals surface area contributed by atoms with Gasteiger partial charge in [0.15, 0.2) is 0 Å². The number of hydrogen-bond donors (Lipinski definition) is 2. The molecule has 0 bridgehead atoms. The summed E-state index contributed by atoms with van der Waals surface area (Å²) in [6.45, 7) is 4.35. The van der Waals surface area contributed by atoms with Gasteiger partial charge in [0.2, 0.25) is 0 Å².